The van der Waals surface area contributed by atoms with Gasteiger partial charge in [0, 0.05) is 25.9 Å². The average Bonchev–Trinajstić information content (AvgIpc) is 2.82. The number of hydrogen-bond acceptors (Lipinski definition) is 3. The van der Waals surface area contributed by atoms with E-state index >= 15 is 0 Å². The molecule has 0 aliphatic carbocycles. The summed E-state index contributed by atoms with van der Waals surface area (Å²) in [6.45, 7) is 4.17. The first-order valence-electron chi connectivity index (χ1n) is 6.14. The standard InChI is InChI=1S/C13H20N2O4/c1-10(2)15-6-4-5-11(15)13(18)14(7-8-19-3)9-12(16)17/h4-6,10H,7-9H2,1-3H3,(H,16,17). The number of aliphatic carboxylic acids is 1. The number of methoxy groups -OCH3 is 1. The van der Waals surface area contributed by atoms with Crippen LogP contribution in [-0.4, -0.2) is 53.3 Å². The Bertz CT molecular complexity index is 440. The van der Waals surface area contributed by atoms with E-state index in [0.717, 1.165) is 0 Å². The van der Waals surface area contributed by atoms with E-state index in [0.29, 0.717) is 12.3 Å². The highest BCUT2D eigenvalue weighted by molar-refractivity contribution is 5.94. The maximum absolute atomic E-state index is 12.4. The van der Waals surface area contributed by atoms with Crippen LogP contribution in [-0.2, 0) is 9.53 Å². The molecule has 1 rings (SSSR count). The molecule has 0 spiro atoms. The molecule has 1 N–H and O–H groups in total. The van der Waals surface area contributed by atoms with Crippen molar-refractivity contribution in [3.63, 3.8) is 0 Å². The van der Waals surface area contributed by atoms with Crippen molar-refractivity contribution in [3.8, 4) is 0 Å². The smallest absolute Gasteiger partial charge is 0.323 e. The Labute approximate surface area is 112 Å². The van der Waals surface area contributed by atoms with Gasteiger partial charge in [-0.25, -0.2) is 0 Å². The van der Waals surface area contributed by atoms with Gasteiger partial charge < -0.3 is 19.3 Å². The van der Waals surface area contributed by atoms with Gasteiger partial charge in [0.05, 0.1) is 6.61 Å². The lowest BCUT2D eigenvalue weighted by Crippen LogP contribution is -2.39. The Balaban J connectivity index is 2.91. The van der Waals surface area contributed by atoms with E-state index in [1.165, 1.54) is 12.0 Å². The van der Waals surface area contributed by atoms with Crippen LogP contribution in [0.1, 0.15) is 30.4 Å². The van der Waals surface area contributed by atoms with Crippen LogP contribution in [0.5, 0.6) is 0 Å². The largest absolute Gasteiger partial charge is 0.480 e. The van der Waals surface area contributed by atoms with Gasteiger partial charge in [0.25, 0.3) is 5.91 Å². The second-order valence-corrected chi connectivity index (χ2v) is 4.51. The molecule has 0 aromatic carbocycles. The fraction of sp³-hybridized carbons (Fsp3) is 0.538. The lowest BCUT2D eigenvalue weighted by molar-refractivity contribution is -0.137. The molecule has 1 amide bonds. The zero-order valence-corrected chi connectivity index (χ0v) is 11.5. The van der Waals surface area contributed by atoms with E-state index < -0.39 is 5.97 Å². The molecule has 0 bridgehead atoms. The lowest BCUT2D eigenvalue weighted by Gasteiger charge is -2.22. The number of hydrogen-bond donors (Lipinski definition) is 1. The lowest BCUT2D eigenvalue weighted by atomic mass is 10.3. The van der Waals surface area contributed by atoms with Gasteiger partial charge in [-0.05, 0) is 26.0 Å². The topological polar surface area (TPSA) is 71.8 Å². The number of rotatable bonds is 7. The van der Waals surface area contributed by atoms with Gasteiger partial charge in [0.15, 0.2) is 0 Å². The summed E-state index contributed by atoms with van der Waals surface area (Å²) in [6.07, 6.45) is 1.81. The van der Waals surface area contributed by atoms with Gasteiger partial charge >= 0.3 is 5.97 Å². The third-order valence-corrected chi connectivity index (χ3v) is 2.73. The predicted octanol–water partition coefficient (Wildman–Crippen LogP) is 1.24. The van der Waals surface area contributed by atoms with Gasteiger partial charge in [-0.3, -0.25) is 9.59 Å². The van der Waals surface area contributed by atoms with Crippen molar-refractivity contribution in [3.05, 3.63) is 24.0 Å². The minimum atomic E-state index is -1.04. The molecule has 0 atom stereocenters. The molecule has 0 unspecified atom stereocenters. The second kappa shape index (κ2) is 6.94. The van der Waals surface area contributed by atoms with E-state index in [2.05, 4.69) is 0 Å². The van der Waals surface area contributed by atoms with Crippen molar-refractivity contribution < 1.29 is 19.4 Å². The van der Waals surface area contributed by atoms with Crippen LogP contribution in [0.25, 0.3) is 0 Å². The fourth-order valence-corrected chi connectivity index (χ4v) is 1.80. The summed E-state index contributed by atoms with van der Waals surface area (Å²) >= 11 is 0. The number of carboxylic acids is 1. The maximum Gasteiger partial charge on any atom is 0.323 e. The van der Waals surface area contributed by atoms with Gasteiger partial charge in [-0.15, -0.1) is 0 Å². The van der Waals surface area contributed by atoms with Crippen molar-refractivity contribution in [2.75, 3.05) is 26.8 Å². The van der Waals surface area contributed by atoms with E-state index in [1.54, 1.807) is 12.1 Å². The zero-order chi connectivity index (χ0) is 14.4. The molecule has 19 heavy (non-hydrogen) atoms. The first-order valence-corrected chi connectivity index (χ1v) is 6.14. The molecular weight excluding hydrogens is 248 g/mol. The summed E-state index contributed by atoms with van der Waals surface area (Å²) < 4.78 is 6.73. The molecule has 0 fully saturated rings. The first-order chi connectivity index (χ1) is 8.97. The minimum Gasteiger partial charge on any atom is -0.480 e. The van der Waals surface area contributed by atoms with Crippen molar-refractivity contribution in [1.82, 2.24) is 9.47 Å². The van der Waals surface area contributed by atoms with E-state index in [-0.39, 0.29) is 25.0 Å². The summed E-state index contributed by atoms with van der Waals surface area (Å²) in [4.78, 5) is 24.5. The molecule has 0 saturated heterocycles. The molecule has 0 aliphatic heterocycles. The Morgan fingerprint density at radius 3 is 2.68 bits per heavy atom. The van der Waals surface area contributed by atoms with Crippen LogP contribution in [0.3, 0.4) is 0 Å². The Morgan fingerprint density at radius 2 is 2.16 bits per heavy atom. The summed E-state index contributed by atoms with van der Waals surface area (Å²) in [5.74, 6) is -1.33. The Kier molecular flexibility index (Phi) is 5.57. The molecule has 6 nitrogen and oxygen atoms in total. The number of carbonyl (C=O) groups is 2. The molecule has 0 aliphatic rings. The Hall–Kier alpha value is -1.82. The first kappa shape index (κ1) is 15.2. The summed E-state index contributed by atoms with van der Waals surface area (Å²) in [7, 11) is 1.51. The molecule has 106 valence electrons. The summed E-state index contributed by atoms with van der Waals surface area (Å²) in [6, 6.07) is 3.62. The number of amides is 1. The molecular formula is C13H20N2O4. The SMILES string of the molecule is COCCN(CC(=O)O)C(=O)c1cccn1C(C)C. The zero-order valence-electron chi connectivity index (χ0n) is 11.5. The molecule has 0 radical (unpaired) electrons. The highest BCUT2D eigenvalue weighted by Gasteiger charge is 2.21. The molecule has 1 heterocycles. The van der Waals surface area contributed by atoms with Crippen LogP contribution in [0.15, 0.2) is 18.3 Å². The molecule has 1 aromatic heterocycles. The third-order valence-electron chi connectivity index (χ3n) is 2.73. The van der Waals surface area contributed by atoms with Crippen molar-refractivity contribution in [2.45, 2.75) is 19.9 Å². The Morgan fingerprint density at radius 1 is 1.47 bits per heavy atom. The van der Waals surface area contributed by atoms with Crippen LogP contribution < -0.4 is 0 Å². The van der Waals surface area contributed by atoms with Crippen molar-refractivity contribution in [2.24, 2.45) is 0 Å². The van der Waals surface area contributed by atoms with Crippen LogP contribution >= 0.6 is 0 Å². The average molecular weight is 268 g/mol. The number of carboxylic acid groups (broad SMARTS) is 1. The quantitative estimate of drug-likeness (QED) is 0.807. The predicted molar refractivity (Wildman–Crippen MR) is 70.2 cm³/mol. The van der Waals surface area contributed by atoms with Crippen LogP contribution in [0, 0.1) is 0 Å². The number of nitrogens with zero attached hydrogens (tertiary/aromatic N) is 2. The highest BCUT2D eigenvalue weighted by Crippen LogP contribution is 2.13. The fourth-order valence-electron chi connectivity index (χ4n) is 1.80. The van der Waals surface area contributed by atoms with Gasteiger partial charge in [0.1, 0.15) is 12.2 Å². The van der Waals surface area contributed by atoms with Gasteiger partial charge in [0.2, 0.25) is 0 Å². The molecule has 6 heteroatoms. The van der Waals surface area contributed by atoms with Crippen molar-refractivity contribution >= 4 is 11.9 Å². The normalized spacial score (nSPS) is 10.7. The number of ether oxygens (including phenoxy) is 1. The second-order valence-electron chi connectivity index (χ2n) is 4.51. The van der Waals surface area contributed by atoms with Crippen molar-refractivity contribution in [1.29, 1.82) is 0 Å². The third kappa shape index (κ3) is 4.10. The summed E-state index contributed by atoms with van der Waals surface area (Å²) in [5, 5.41) is 8.87. The molecule has 0 saturated carbocycles. The summed E-state index contributed by atoms with van der Waals surface area (Å²) in [5.41, 5.74) is 0.493. The maximum atomic E-state index is 12.4. The van der Waals surface area contributed by atoms with E-state index in [4.69, 9.17) is 9.84 Å². The molecule has 1 aromatic rings. The van der Waals surface area contributed by atoms with Gasteiger partial charge in [-0.1, -0.05) is 0 Å². The monoisotopic (exact) mass is 268 g/mol. The minimum absolute atomic E-state index is 0.142. The number of carbonyl (C=O) groups excluding carboxylic acids is 1. The number of aromatic nitrogens is 1. The van der Waals surface area contributed by atoms with Crippen LogP contribution in [0.4, 0.5) is 0 Å². The highest BCUT2D eigenvalue weighted by atomic mass is 16.5. The van der Waals surface area contributed by atoms with Crippen LogP contribution in [0.2, 0.25) is 0 Å². The van der Waals surface area contributed by atoms with Gasteiger partial charge in [-0.2, -0.15) is 0 Å². The van der Waals surface area contributed by atoms with E-state index in [9.17, 15) is 9.59 Å². The van der Waals surface area contributed by atoms with E-state index in [1.807, 2.05) is 24.6 Å².